The molecule has 1 aromatic heterocycles. The maximum atomic E-state index is 11.8. The highest BCUT2D eigenvalue weighted by Gasteiger charge is 2.10. The second kappa shape index (κ2) is 6.35. The summed E-state index contributed by atoms with van der Waals surface area (Å²) >= 11 is 0. The van der Waals surface area contributed by atoms with Gasteiger partial charge >= 0.3 is 0 Å². The van der Waals surface area contributed by atoms with Gasteiger partial charge < -0.3 is 10.6 Å². The van der Waals surface area contributed by atoms with E-state index in [-0.39, 0.29) is 11.9 Å². The highest BCUT2D eigenvalue weighted by molar-refractivity contribution is 5.75. The van der Waals surface area contributed by atoms with Gasteiger partial charge in [0.05, 0.1) is 12.2 Å². The number of carbonyl (C=O) groups excluding carboxylic acids is 1. The second-order valence-electron chi connectivity index (χ2n) is 4.54. The highest BCUT2D eigenvalue weighted by Crippen LogP contribution is 2.05. The number of hydrogen-bond donors (Lipinski definition) is 1. The van der Waals surface area contributed by atoms with E-state index in [0.717, 1.165) is 17.8 Å². The molecule has 0 aromatic carbocycles. The number of aromatic nitrogens is 1. The zero-order valence-electron chi connectivity index (χ0n) is 10.8. The molecular weight excluding hydrogens is 214 g/mol. The largest absolute Gasteiger partial charge is 0.340 e. The molecular formula is C13H21N3O. The Morgan fingerprint density at radius 1 is 1.53 bits per heavy atom. The van der Waals surface area contributed by atoms with Gasteiger partial charge in [-0.05, 0) is 32.4 Å². The van der Waals surface area contributed by atoms with E-state index in [1.165, 1.54) is 0 Å². The number of carbonyl (C=O) groups is 1. The fourth-order valence-corrected chi connectivity index (χ4v) is 1.56. The molecule has 1 unspecified atom stereocenters. The number of pyridine rings is 1. The smallest absolute Gasteiger partial charge is 0.222 e. The molecule has 0 aliphatic carbocycles. The summed E-state index contributed by atoms with van der Waals surface area (Å²) in [7, 11) is 1.80. The van der Waals surface area contributed by atoms with E-state index in [9.17, 15) is 4.79 Å². The van der Waals surface area contributed by atoms with Crippen molar-refractivity contribution in [2.45, 2.75) is 39.3 Å². The third-order valence-corrected chi connectivity index (χ3v) is 2.58. The van der Waals surface area contributed by atoms with E-state index in [2.05, 4.69) is 4.98 Å². The molecule has 1 heterocycles. The number of hydrogen-bond acceptors (Lipinski definition) is 3. The van der Waals surface area contributed by atoms with Gasteiger partial charge in [0.2, 0.25) is 5.91 Å². The van der Waals surface area contributed by atoms with Gasteiger partial charge in [-0.15, -0.1) is 0 Å². The molecule has 0 aliphatic rings. The van der Waals surface area contributed by atoms with Crippen molar-refractivity contribution in [3.8, 4) is 0 Å². The monoisotopic (exact) mass is 235 g/mol. The van der Waals surface area contributed by atoms with Crippen molar-refractivity contribution in [1.29, 1.82) is 0 Å². The van der Waals surface area contributed by atoms with Crippen molar-refractivity contribution < 1.29 is 4.79 Å². The molecule has 1 atom stereocenters. The van der Waals surface area contributed by atoms with Crippen LogP contribution in [0, 0.1) is 6.92 Å². The Morgan fingerprint density at radius 2 is 2.24 bits per heavy atom. The van der Waals surface area contributed by atoms with E-state index >= 15 is 0 Å². The zero-order valence-corrected chi connectivity index (χ0v) is 10.8. The Labute approximate surface area is 103 Å². The molecule has 4 heteroatoms. The summed E-state index contributed by atoms with van der Waals surface area (Å²) in [5.74, 6) is 0.116. The topological polar surface area (TPSA) is 59.2 Å². The number of nitrogens with two attached hydrogens (primary N) is 1. The average Bonchev–Trinajstić information content (AvgIpc) is 2.25. The third-order valence-electron chi connectivity index (χ3n) is 2.58. The molecule has 2 N–H and O–H groups in total. The molecule has 0 radical (unpaired) electrons. The lowest BCUT2D eigenvalue weighted by Crippen LogP contribution is -2.28. The maximum Gasteiger partial charge on any atom is 0.222 e. The fourth-order valence-electron chi connectivity index (χ4n) is 1.56. The van der Waals surface area contributed by atoms with Gasteiger partial charge in [0, 0.05) is 25.2 Å². The van der Waals surface area contributed by atoms with Crippen molar-refractivity contribution in [2.24, 2.45) is 5.73 Å². The predicted molar refractivity (Wildman–Crippen MR) is 68.3 cm³/mol. The molecule has 17 heavy (non-hydrogen) atoms. The number of aryl methyl sites for hydroxylation is 1. The number of amides is 1. The van der Waals surface area contributed by atoms with E-state index in [0.29, 0.717) is 13.0 Å². The van der Waals surface area contributed by atoms with Gasteiger partial charge in [-0.2, -0.15) is 0 Å². The molecule has 0 aliphatic heterocycles. The minimum absolute atomic E-state index is 0.0736. The van der Waals surface area contributed by atoms with Gasteiger partial charge in [-0.1, -0.05) is 6.07 Å². The fraction of sp³-hybridized carbons (Fsp3) is 0.538. The van der Waals surface area contributed by atoms with Crippen LogP contribution in [0.5, 0.6) is 0 Å². The predicted octanol–water partition coefficient (Wildman–Crippen LogP) is 1.48. The van der Waals surface area contributed by atoms with E-state index in [1.807, 2.05) is 32.0 Å². The molecule has 94 valence electrons. The minimum Gasteiger partial charge on any atom is -0.340 e. The van der Waals surface area contributed by atoms with E-state index in [4.69, 9.17) is 5.73 Å². The normalized spacial score (nSPS) is 12.2. The van der Waals surface area contributed by atoms with Crippen molar-refractivity contribution in [1.82, 2.24) is 9.88 Å². The van der Waals surface area contributed by atoms with Crippen LogP contribution in [0.3, 0.4) is 0 Å². The summed E-state index contributed by atoms with van der Waals surface area (Å²) < 4.78 is 0. The Bertz CT molecular complexity index is 377. The maximum absolute atomic E-state index is 11.8. The molecule has 0 saturated heterocycles. The number of rotatable bonds is 5. The quantitative estimate of drug-likeness (QED) is 0.841. The van der Waals surface area contributed by atoms with Crippen molar-refractivity contribution in [3.63, 3.8) is 0 Å². The minimum atomic E-state index is 0.0736. The van der Waals surface area contributed by atoms with Crippen LogP contribution in [0.2, 0.25) is 0 Å². The number of nitrogens with zero attached hydrogens (tertiary/aromatic N) is 2. The Balaban J connectivity index is 2.48. The highest BCUT2D eigenvalue weighted by atomic mass is 16.2. The molecule has 4 nitrogen and oxygen atoms in total. The molecule has 0 fully saturated rings. The summed E-state index contributed by atoms with van der Waals surface area (Å²) in [5, 5.41) is 0. The van der Waals surface area contributed by atoms with Crippen LogP contribution in [0.15, 0.2) is 18.2 Å². The van der Waals surface area contributed by atoms with E-state index < -0.39 is 0 Å². The molecule has 0 saturated carbocycles. The third kappa shape index (κ3) is 4.95. The van der Waals surface area contributed by atoms with Gasteiger partial charge in [0.1, 0.15) is 0 Å². The Hall–Kier alpha value is -1.42. The summed E-state index contributed by atoms with van der Waals surface area (Å²) in [5.41, 5.74) is 7.52. The van der Waals surface area contributed by atoms with Crippen LogP contribution in [0.4, 0.5) is 0 Å². The lowest BCUT2D eigenvalue weighted by molar-refractivity contribution is -0.130. The van der Waals surface area contributed by atoms with Crippen molar-refractivity contribution in [3.05, 3.63) is 29.6 Å². The zero-order chi connectivity index (χ0) is 12.8. The van der Waals surface area contributed by atoms with Gasteiger partial charge in [0.15, 0.2) is 0 Å². The average molecular weight is 235 g/mol. The summed E-state index contributed by atoms with van der Waals surface area (Å²) in [6.45, 7) is 4.41. The standard InChI is InChI=1S/C13H21N3O/c1-10(14)7-8-13(17)16(3)9-12-6-4-5-11(2)15-12/h4-6,10H,7-9,14H2,1-3H3. The molecule has 0 spiro atoms. The van der Waals surface area contributed by atoms with E-state index in [1.54, 1.807) is 11.9 Å². The van der Waals surface area contributed by atoms with Crippen molar-refractivity contribution >= 4 is 5.91 Å². The SMILES string of the molecule is Cc1cccc(CN(C)C(=O)CCC(C)N)n1. The molecule has 0 bridgehead atoms. The Kier molecular flexibility index (Phi) is 5.10. The first-order valence-corrected chi connectivity index (χ1v) is 5.91. The first-order chi connectivity index (χ1) is 7.99. The molecule has 1 aromatic rings. The Morgan fingerprint density at radius 3 is 2.82 bits per heavy atom. The molecule has 1 amide bonds. The summed E-state index contributed by atoms with van der Waals surface area (Å²) in [6.07, 6.45) is 1.23. The van der Waals surface area contributed by atoms with Crippen LogP contribution in [-0.2, 0) is 11.3 Å². The first-order valence-electron chi connectivity index (χ1n) is 5.91. The van der Waals surface area contributed by atoms with Crippen LogP contribution >= 0.6 is 0 Å². The van der Waals surface area contributed by atoms with Gasteiger partial charge in [-0.3, -0.25) is 9.78 Å². The van der Waals surface area contributed by atoms with Crippen LogP contribution in [0.1, 0.15) is 31.2 Å². The first kappa shape index (κ1) is 13.6. The van der Waals surface area contributed by atoms with Crippen LogP contribution in [-0.4, -0.2) is 28.9 Å². The lowest BCUT2D eigenvalue weighted by Gasteiger charge is -2.17. The van der Waals surface area contributed by atoms with Gasteiger partial charge in [0.25, 0.3) is 0 Å². The summed E-state index contributed by atoms with van der Waals surface area (Å²) in [4.78, 5) is 17.9. The van der Waals surface area contributed by atoms with Crippen LogP contribution < -0.4 is 5.73 Å². The summed E-state index contributed by atoms with van der Waals surface area (Å²) in [6, 6.07) is 5.91. The van der Waals surface area contributed by atoms with Crippen molar-refractivity contribution in [2.75, 3.05) is 7.05 Å². The van der Waals surface area contributed by atoms with Gasteiger partial charge in [-0.25, -0.2) is 0 Å². The second-order valence-corrected chi connectivity index (χ2v) is 4.54. The molecule has 1 rings (SSSR count). The van der Waals surface area contributed by atoms with Crippen LogP contribution in [0.25, 0.3) is 0 Å². The lowest BCUT2D eigenvalue weighted by atomic mass is 10.2.